The van der Waals surface area contributed by atoms with Crippen molar-refractivity contribution in [1.29, 1.82) is 0 Å². The van der Waals surface area contributed by atoms with E-state index in [9.17, 15) is 34.1 Å². The van der Waals surface area contributed by atoms with Crippen molar-refractivity contribution in [1.82, 2.24) is 39.0 Å². The Kier molecular flexibility index (Phi) is 8.62. The predicted molar refractivity (Wildman–Crippen MR) is 151 cm³/mol. The monoisotopic (exact) mass is 691 g/mol. The van der Waals surface area contributed by atoms with Gasteiger partial charge in [0.15, 0.2) is 41.2 Å². The number of phosphoric acid groups is 1. The Hall–Kier alpha value is -3.18. The molecule has 25 heteroatoms. The molecule has 0 aliphatic carbocycles. The van der Waals surface area contributed by atoms with E-state index in [1.165, 1.54) is 17.2 Å². The van der Waals surface area contributed by atoms with Crippen molar-refractivity contribution in [3.8, 4) is 0 Å². The number of H-pyrrole nitrogens is 1. The van der Waals surface area contributed by atoms with E-state index in [0.717, 1.165) is 10.9 Å². The van der Waals surface area contributed by atoms with Crippen molar-refractivity contribution in [2.45, 2.75) is 49.1 Å². The molecular weight excluding hydrogens is 666 g/mol. The molecule has 45 heavy (non-hydrogen) atoms. The smallest absolute Gasteiger partial charge is 0.394 e. The van der Waals surface area contributed by atoms with Crippen molar-refractivity contribution in [2.24, 2.45) is 0 Å². The minimum atomic E-state index is -5.13. The summed E-state index contributed by atoms with van der Waals surface area (Å²) in [5, 5.41) is 31.5. The second-order valence-corrected chi connectivity index (χ2v) is 12.9. The van der Waals surface area contributed by atoms with Gasteiger partial charge in [0.2, 0.25) is 5.95 Å². The van der Waals surface area contributed by atoms with Gasteiger partial charge in [-0.1, -0.05) is 0 Å². The Bertz CT molecular complexity index is 1860. The van der Waals surface area contributed by atoms with Crippen LogP contribution in [0.4, 0.5) is 11.8 Å². The number of imidazole rings is 2. The van der Waals surface area contributed by atoms with E-state index in [2.05, 4.69) is 42.2 Å². The lowest BCUT2D eigenvalue weighted by atomic mass is 10.1. The number of aromatic amines is 1. The van der Waals surface area contributed by atoms with Crippen LogP contribution in [0.3, 0.4) is 0 Å². The van der Waals surface area contributed by atoms with Crippen molar-refractivity contribution in [3.05, 3.63) is 29.3 Å². The second-order valence-electron chi connectivity index (χ2n) is 9.79. The summed E-state index contributed by atoms with van der Waals surface area (Å²) in [5.74, 6) is -0.207. The van der Waals surface area contributed by atoms with Gasteiger partial charge in [-0.2, -0.15) is 4.98 Å². The number of nitrogens with one attached hydrogen (secondary N) is 1. The Balaban J connectivity index is 1.22. The summed E-state index contributed by atoms with van der Waals surface area (Å²) in [6, 6.07) is 0. The summed E-state index contributed by atoms with van der Waals surface area (Å²) < 4.78 is 54.6. The number of aromatic nitrogens is 8. The largest absolute Gasteiger partial charge is 0.582 e. The Morgan fingerprint density at radius 3 is 2.42 bits per heavy atom. The third-order valence-corrected chi connectivity index (χ3v) is 8.75. The molecule has 0 amide bonds. The topological polar surface area (TPSA) is 320 Å². The highest BCUT2D eigenvalue weighted by Crippen LogP contribution is 2.50. The zero-order chi connectivity index (χ0) is 32.2. The fraction of sp³-hybridized carbons (Fsp3) is 0.500. The number of phosphoric ester groups is 1. The maximum Gasteiger partial charge on any atom is 0.582 e. The van der Waals surface area contributed by atoms with Gasteiger partial charge in [0.05, 0.1) is 25.9 Å². The third-order valence-electron chi connectivity index (χ3n) is 7.06. The Labute approximate surface area is 255 Å². The van der Waals surface area contributed by atoms with Gasteiger partial charge in [0.1, 0.15) is 54.6 Å². The molecule has 0 radical (unpaired) electrons. The van der Waals surface area contributed by atoms with Crippen LogP contribution in [-0.4, -0.2) is 109 Å². The van der Waals surface area contributed by atoms with E-state index in [-0.39, 0.29) is 34.1 Å². The van der Waals surface area contributed by atoms with Gasteiger partial charge in [-0.3, -0.25) is 28.0 Å². The van der Waals surface area contributed by atoms with Gasteiger partial charge in [-0.25, -0.2) is 24.5 Å². The summed E-state index contributed by atoms with van der Waals surface area (Å²) in [6.45, 7) is -1.49. The quantitative estimate of drug-likeness (QED) is 0.0665. The number of nitrogens with zero attached hydrogens (tertiary/aromatic N) is 7. The highest BCUT2D eigenvalue weighted by Gasteiger charge is 2.52. The van der Waals surface area contributed by atoms with Gasteiger partial charge in [-0.05, 0) is 4.57 Å². The first-order valence-corrected chi connectivity index (χ1v) is 16.6. The summed E-state index contributed by atoms with van der Waals surface area (Å²) in [4.78, 5) is 45.2. The van der Waals surface area contributed by atoms with Gasteiger partial charge in [0, 0.05) is 0 Å². The number of nitrogen functional groups attached to an aromatic ring is 2. The number of aliphatic hydroxyl groups excluding tert-OH is 3. The molecule has 0 saturated carbocycles. The lowest BCUT2D eigenvalue weighted by Gasteiger charge is -2.24. The van der Waals surface area contributed by atoms with Gasteiger partial charge in [0.25, 0.3) is 5.56 Å². The van der Waals surface area contributed by atoms with Crippen LogP contribution in [0.2, 0.25) is 0 Å². The molecule has 0 spiro atoms. The normalized spacial score (nSPS) is 30.3. The van der Waals surface area contributed by atoms with E-state index in [4.69, 9.17) is 34.5 Å². The first-order valence-electron chi connectivity index (χ1n) is 12.8. The number of hydrogen-bond donors (Lipinski definition) is 8. The van der Waals surface area contributed by atoms with Gasteiger partial charge < -0.3 is 41.2 Å². The van der Waals surface area contributed by atoms with Crippen LogP contribution in [-0.2, 0) is 32.2 Å². The minimum Gasteiger partial charge on any atom is -0.394 e. The zero-order valence-corrected chi connectivity index (χ0v) is 25.1. The van der Waals surface area contributed by atoms with Crippen molar-refractivity contribution >= 4 is 61.4 Å². The standard InChI is InChI=1S/C20H24N10O12P2S/c21-14-8-15(24-3-23-14)29(4-25-8)18-11(33)12(41-43(35)45)7(40-18)2-38-44(36,37)42-13-10(32)6(1-31)39-19(13)30-5-26-9-16(30)27-20(22)28-17(9)34/h3-7,10-13,18-19,31-33H,1-2H2,(H6-,21,22,23,24,27,28,34,35,36,37,45)/p+1/t6-,7-,10-,11-,12-,13-,18-,19-/m1/s1. The first kappa shape index (κ1) is 31.8. The fourth-order valence-electron chi connectivity index (χ4n) is 5.06. The number of anilines is 2. The Morgan fingerprint density at radius 2 is 1.71 bits per heavy atom. The van der Waals surface area contributed by atoms with Gasteiger partial charge >= 0.3 is 15.1 Å². The fourth-order valence-corrected chi connectivity index (χ4v) is 6.79. The number of fused-ring (bicyclic) bond motifs is 2. The van der Waals surface area contributed by atoms with E-state index < -0.39 is 82.9 Å². The second kappa shape index (κ2) is 12.2. The molecular formula is C20H25N10O12P2S+. The molecule has 9 N–H and O–H groups in total. The molecule has 2 saturated heterocycles. The third kappa shape index (κ3) is 5.93. The molecule has 4 aromatic rings. The lowest BCUT2D eigenvalue weighted by molar-refractivity contribution is -0.0607. The molecule has 0 aromatic carbocycles. The highest BCUT2D eigenvalue weighted by molar-refractivity contribution is 8.39. The number of aliphatic hydroxyl groups is 3. The molecule has 2 fully saturated rings. The predicted octanol–water partition coefficient (Wildman–Crippen LogP) is -1.89. The Morgan fingerprint density at radius 1 is 1.02 bits per heavy atom. The molecule has 2 aliphatic heterocycles. The summed E-state index contributed by atoms with van der Waals surface area (Å²) >= 11 is 3.73. The number of thiol groups is 1. The maximum atomic E-state index is 13.2. The molecule has 6 rings (SSSR count). The molecule has 4 aromatic heterocycles. The van der Waals surface area contributed by atoms with Crippen LogP contribution < -0.4 is 17.0 Å². The van der Waals surface area contributed by atoms with E-state index in [1.807, 2.05) is 0 Å². The molecule has 2 aliphatic rings. The van der Waals surface area contributed by atoms with Crippen molar-refractivity contribution in [3.63, 3.8) is 0 Å². The number of ether oxygens (including phenoxy) is 2. The molecule has 242 valence electrons. The number of rotatable bonds is 10. The van der Waals surface area contributed by atoms with Crippen LogP contribution >= 0.6 is 27.3 Å². The van der Waals surface area contributed by atoms with E-state index in [0.29, 0.717) is 0 Å². The van der Waals surface area contributed by atoms with E-state index in [1.54, 1.807) is 0 Å². The summed E-state index contributed by atoms with van der Waals surface area (Å²) in [6.07, 6.45) is -8.08. The van der Waals surface area contributed by atoms with Crippen LogP contribution in [0, 0.1) is 0 Å². The van der Waals surface area contributed by atoms with Crippen LogP contribution in [0.15, 0.2) is 23.8 Å². The molecule has 10 atom stereocenters. The lowest BCUT2D eigenvalue weighted by Crippen LogP contribution is -2.36. The van der Waals surface area contributed by atoms with Crippen LogP contribution in [0.5, 0.6) is 0 Å². The number of nitrogens with two attached hydrogens (primary N) is 2. The van der Waals surface area contributed by atoms with Crippen molar-refractivity contribution < 1.29 is 52.4 Å². The molecule has 0 bridgehead atoms. The average Bonchev–Trinajstić information content (AvgIpc) is 3.73. The van der Waals surface area contributed by atoms with Crippen molar-refractivity contribution in [2.75, 3.05) is 24.7 Å². The average molecular weight is 691 g/mol. The summed E-state index contributed by atoms with van der Waals surface area (Å²) in [7, 11) is -7.72. The number of hydrogen-bond acceptors (Lipinski definition) is 18. The molecule has 2 unspecified atom stereocenters. The zero-order valence-electron chi connectivity index (χ0n) is 22.4. The van der Waals surface area contributed by atoms with Gasteiger partial charge in [-0.15, -0.1) is 4.52 Å². The van der Waals surface area contributed by atoms with Crippen LogP contribution in [0.1, 0.15) is 12.5 Å². The van der Waals surface area contributed by atoms with Crippen LogP contribution in [0.25, 0.3) is 22.3 Å². The maximum absolute atomic E-state index is 13.2. The van der Waals surface area contributed by atoms with E-state index >= 15 is 0 Å². The summed E-state index contributed by atoms with van der Waals surface area (Å²) in [5.41, 5.74) is 10.9. The highest BCUT2D eigenvalue weighted by atomic mass is 32.7. The molecule has 22 nitrogen and oxygen atoms in total. The molecule has 6 heterocycles. The SMILES string of the molecule is Nc1nc2c(ncn2[C@@H]2O[C@H](CO)[C@@H](O)[C@H]2OP(=O)(O)OC[C@H]2O[C@@H](n3cnc4c(N)ncnc43)[C@H](O)[C@@H]2O[P+](=O)S)c(=O)[nH]1. The minimum absolute atomic E-state index is 0.0605. The first-order chi connectivity index (χ1) is 21.4.